The summed E-state index contributed by atoms with van der Waals surface area (Å²) in [6.07, 6.45) is 4.99. The van der Waals surface area contributed by atoms with Crippen LogP contribution in [0.2, 0.25) is 10.0 Å². The van der Waals surface area contributed by atoms with Crippen LogP contribution in [0.25, 0.3) is 0 Å². The van der Waals surface area contributed by atoms with Crippen molar-refractivity contribution in [3.63, 3.8) is 0 Å². The number of hydrogen-bond donors (Lipinski definition) is 1. The van der Waals surface area contributed by atoms with Crippen molar-refractivity contribution in [3.05, 3.63) is 33.4 Å². The van der Waals surface area contributed by atoms with E-state index in [2.05, 4.69) is 39.2 Å². The molecule has 0 spiro atoms. The first kappa shape index (κ1) is 16.0. The predicted octanol–water partition coefficient (Wildman–Crippen LogP) is 4.14. The SMILES string of the molecule is CCN(CC)c1ncc(/C=N/Nc2ncc(Cl)cc2Cl)s1. The molecule has 5 nitrogen and oxygen atoms in total. The monoisotopic (exact) mass is 343 g/mol. The minimum atomic E-state index is 0.424. The van der Waals surface area contributed by atoms with Crippen LogP contribution in [0, 0.1) is 0 Å². The van der Waals surface area contributed by atoms with Gasteiger partial charge in [0.15, 0.2) is 10.9 Å². The third-order valence-electron chi connectivity index (χ3n) is 2.72. The fraction of sp³-hybridized carbons (Fsp3) is 0.308. The molecule has 0 atom stereocenters. The van der Waals surface area contributed by atoms with E-state index >= 15 is 0 Å². The third-order valence-corrected chi connectivity index (χ3v) is 4.20. The molecule has 0 aliphatic heterocycles. The van der Waals surface area contributed by atoms with E-state index in [-0.39, 0.29) is 0 Å². The highest BCUT2D eigenvalue weighted by Crippen LogP contribution is 2.23. The second kappa shape index (κ2) is 7.59. The number of thiazole rings is 1. The molecule has 0 unspecified atom stereocenters. The number of nitrogens with zero attached hydrogens (tertiary/aromatic N) is 4. The summed E-state index contributed by atoms with van der Waals surface area (Å²) in [5.74, 6) is 0.464. The zero-order chi connectivity index (χ0) is 15.2. The van der Waals surface area contributed by atoms with Crippen LogP contribution >= 0.6 is 34.5 Å². The van der Waals surface area contributed by atoms with E-state index in [1.807, 2.05) is 0 Å². The van der Waals surface area contributed by atoms with Crippen molar-refractivity contribution in [2.75, 3.05) is 23.4 Å². The van der Waals surface area contributed by atoms with E-state index in [1.54, 1.807) is 29.8 Å². The number of nitrogens with one attached hydrogen (secondary N) is 1. The molecule has 21 heavy (non-hydrogen) atoms. The van der Waals surface area contributed by atoms with Crippen LogP contribution in [-0.4, -0.2) is 29.3 Å². The molecule has 8 heteroatoms. The van der Waals surface area contributed by atoms with Crippen molar-refractivity contribution in [2.24, 2.45) is 5.10 Å². The largest absolute Gasteiger partial charge is 0.349 e. The van der Waals surface area contributed by atoms with Gasteiger partial charge in [0.05, 0.1) is 21.1 Å². The smallest absolute Gasteiger partial charge is 0.185 e. The lowest BCUT2D eigenvalue weighted by atomic mass is 10.5. The fourth-order valence-corrected chi connectivity index (χ4v) is 2.97. The average molecular weight is 344 g/mol. The van der Waals surface area contributed by atoms with Crippen molar-refractivity contribution in [1.82, 2.24) is 9.97 Å². The number of pyridine rings is 1. The summed E-state index contributed by atoms with van der Waals surface area (Å²) in [5.41, 5.74) is 2.79. The number of anilines is 2. The molecule has 0 bridgehead atoms. The summed E-state index contributed by atoms with van der Waals surface area (Å²) in [6, 6.07) is 1.61. The Hall–Kier alpha value is -1.37. The van der Waals surface area contributed by atoms with Gasteiger partial charge in [0.2, 0.25) is 0 Å². The molecule has 0 radical (unpaired) electrons. The molecule has 0 saturated carbocycles. The Bertz CT molecular complexity index is 625. The van der Waals surface area contributed by atoms with Crippen LogP contribution in [0.3, 0.4) is 0 Å². The summed E-state index contributed by atoms with van der Waals surface area (Å²) in [7, 11) is 0. The zero-order valence-corrected chi connectivity index (χ0v) is 14.0. The quantitative estimate of drug-likeness (QED) is 0.632. The van der Waals surface area contributed by atoms with Crippen LogP contribution in [0.4, 0.5) is 10.9 Å². The van der Waals surface area contributed by atoms with Crippen molar-refractivity contribution in [2.45, 2.75) is 13.8 Å². The molecule has 1 N–H and O–H groups in total. The zero-order valence-electron chi connectivity index (χ0n) is 11.7. The van der Waals surface area contributed by atoms with Gasteiger partial charge in [-0.15, -0.1) is 0 Å². The summed E-state index contributed by atoms with van der Waals surface area (Å²) in [4.78, 5) is 11.6. The Kier molecular flexibility index (Phi) is 5.78. The van der Waals surface area contributed by atoms with Gasteiger partial charge >= 0.3 is 0 Å². The first-order valence-electron chi connectivity index (χ1n) is 6.45. The van der Waals surface area contributed by atoms with Crippen molar-refractivity contribution >= 4 is 51.7 Å². The lowest BCUT2D eigenvalue weighted by Gasteiger charge is -2.16. The normalized spacial score (nSPS) is 11.0. The van der Waals surface area contributed by atoms with Gasteiger partial charge in [-0.05, 0) is 19.9 Å². The van der Waals surface area contributed by atoms with Gasteiger partial charge in [0, 0.05) is 25.5 Å². The third kappa shape index (κ3) is 4.30. The Morgan fingerprint density at radius 1 is 1.29 bits per heavy atom. The Morgan fingerprint density at radius 3 is 2.71 bits per heavy atom. The van der Waals surface area contributed by atoms with Crippen LogP contribution in [0.1, 0.15) is 18.7 Å². The molecule has 2 rings (SSSR count). The topological polar surface area (TPSA) is 53.4 Å². The average Bonchev–Trinajstić information content (AvgIpc) is 2.91. The molecule has 2 aromatic heterocycles. The Balaban J connectivity index is 2.01. The minimum absolute atomic E-state index is 0.424. The van der Waals surface area contributed by atoms with E-state index in [9.17, 15) is 0 Å². The van der Waals surface area contributed by atoms with Crippen LogP contribution in [-0.2, 0) is 0 Å². The highest BCUT2D eigenvalue weighted by molar-refractivity contribution is 7.17. The van der Waals surface area contributed by atoms with E-state index < -0.39 is 0 Å². The van der Waals surface area contributed by atoms with Gasteiger partial charge in [-0.2, -0.15) is 5.10 Å². The molecule has 2 heterocycles. The van der Waals surface area contributed by atoms with E-state index in [0.29, 0.717) is 15.9 Å². The maximum Gasteiger partial charge on any atom is 0.185 e. The highest BCUT2D eigenvalue weighted by atomic mass is 35.5. The van der Waals surface area contributed by atoms with Crippen LogP contribution in [0.15, 0.2) is 23.6 Å². The summed E-state index contributed by atoms with van der Waals surface area (Å²) < 4.78 is 0. The molecular weight excluding hydrogens is 329 g/mol. The molecule has 0 aliphatic rings. The first-order chi connectivity index (χ1) is 10.1. The Labute approximate surface area is 137 Å². The second-order valence-electron chi connectivity index (χ2n) is 4.07. The lowest BCUT2D eigenvalue weighted by molar-refractivity contribution is 0.860. The lowest BCUT2D eigenvalue weighted by Crippen LogP contribution is -2.21. The Morgan fingerprint density at radius 2 is 2.05 bits per heavy atom. The van der Waals surface area contributed by atoms with Gasteiger partial charge in [0.1, 0.15) is 0 Å². The number of hydrazone groups is 1. The predicted molar refractivity (Wildman–Crippen MR) is 91.1 cm³/mol. The van der Waals surface area contributed by atoms with Gasteiger partial charge in [-0.1, -0.05) is 34.5 Å². The van der Waals surface area contributed by atoms with E-state index in [0.717, 1.165) is 23.1 Å². The molecule has 0 aliphatic carbocycles. The maximum atomic E-state index is 5.99. The molecular formula is C13H15Cl2N5S. The van der Waals surface area contributed by atoms with Gasteiger partial charge in [-0.25, -0.2) is 9.97 Å². The molecule has 0 saturated heterocycles. The number of rotatable bonds is 6. The van der Waals surface area contributed by atoms with Gasteiger partial charge < -0.3 is 4.90 Å². The minimum Gasteiger partial charge on any atom is -0.349 e. The van der Waals surface area contributed by atoms with Gasteiger partial charge in [-0.3, -0.25) is 5.43 Å². The molecule has 0 fully saturated rings. The fourth-order valence-electron chi connectivity index (χ4n) is 1.63. The summed E-state index contributed by atoms with van der Waals surface area (Å²) >= 11 is 13.4. The van der Waals surface area contributed by atoms with Gasteiger partial charge in [0.25, 0.3) is 0 Å². The molecule has 2 aromatic rings. The second-order valence-corrected chi connectivity index (χ2v) is 5.96. The van der Waals surface area contributed by atoms with Crippen LogP contribution < -0.4 is 10.3 Å². The molecule has 0 aromatic carbocycles. The highest BCUT2D eigenvalue weighted by Gasteiger charge is 2.06. The maximum absolute atomic E-state index is 5.99. The number of aromatic nitrogens is 2. The number of hydrogen-bond acceptors (Lipinski definition) is 6. The summed E-state index contributed by atoms with van der Waals surface area (Å²) in [5, 5.41) is 6.01. The van der Waals surface area contributed by atoms with E-state index in [1.165, 1.54) is 6.20 Å². The van der Waals surface area contributed by atoms with Crippen molar-refractivity contribution in [1.29, 1.82) is 0 Å². The number of halogens is 2. The standard InChI is InChI=1S/C13H15Cl2N5S/c1-3-20(4-2)13-17-7-10(21-13)8-18-19-12-11(15)5-9(14)6-16-12/h5-8H,3-4H2,1-2H3,(H,16,19)/b18-8+. The van der Waals surface area contributed by atoms with E-state index in [4.69, 9.17) is 23.2 Å². The molecule has 0 amide bonds. The van der Waals surface area contributed by atoms with Crippen molar-refractivity contribution in [3.8, 4) is 0 Å². The molecule has 112 valence electrons. The summed E-state index contributed by atoms with van der Waals surface area (Å²) in [6.45, 7) is 6.08. The first-order valence-corrected chi connectivity index (χ1v) is 8.02. The van der Waals surface area contributed by atoms with Crippen molar-refractivity contribution < 1.29 is 0 Å². The van der Waals surface area contributed by atoms with Crippen LogP contribution in [0.5, 0.6) is 0 Å².